The van der Waals surface area contributed by atoms with Crippen LogP contribution >= 0.6 is 0 Å². The number of rotatable bonds is 3. The Balaban J connectivity index is 1.78. The van der Waals surface area contributed by atoms with Gasteiger partial charge in [-0.2, -0.15) is 0 Å². The summed E-state index contributed by atoms with van der Waals surface area (Å²) in [5.74, 6) is 0.921. The fourth-order valence-corrected chi connectivity index (χ4v) is 1.65. The SMILES string of the molecule is c1coc(CNc2ccc3nc[nH]c3c2)c1. The van der Waals surface area contributed by atoms with Crippen molar-refractivity contribution in [3.63, 3.8) is 0 Å². The average molecular weight is 213 g/mol. The molecule has 0 bridgehead atoms. The number of fused-ring (bicyclic) bond motifs is 1. The highest BCUT2D eigenvalue weighted by Crippen LogP contribution is 2.16. The van der Waals surface area contributed by atoms with Gasteiger partial charge in [-0.3, -0.25) is 0 Å². The number of aromatic amines is 1. The number of imidazole rings is 1. The minimum Gasteiger partial charge on any atom is -0.467 e. The molecule has 0 unspecified atom stereocenters. The van der Waals surface area contributed by atoms with E-state index in [2.05, 4.69) is 15.3 Å². The first-order valence-corrected chi connectivity index (χ1v) is 5.11. The number of furan rings is 1. The lowest BCUT2D eigenvalue weighted by atomic mass is 10.2. The van der Waals surface area contributed by atoms with Gasteiger partial charge in [0.15, 0.2) is 0 Å². The highest BCUT2D eigenvalue weighted by atomic mass is 16.3. The molecule has 0 saturated heterocycles. The summed E-state index contributed by atoms with van der Waals surface area (Å²) in [6, 6.07) is 9.85. The third-order valence-electron chi connectivity index (χ3n) is 2.47. The molecular formula is C12H11N3O. The maximum absolute atomic E-state index is 5.25. The molecule has 3 rings (SSSR count). The van der Waals surface area contributed by atoms with E-state index in [4.69, 9.17) is 4.42 Å². The van der Waals surface area contributed by atoms with E-state index in [0.29, 0.717) is 6.54 Å². The van der Waals surface area contributed by atoms with Crippen LogP contribution in [0.15, 0.2) is 47.3 Å². The van der Waals surface area contributed by atoms with Gasteiger partial charge in [-0.15, -0.1) is 0 Å². The number of hydrogen-bond acceptors (Lipinski definition) is 3. The first-order valence-electron chi connectivity index (χ1n) is 5.11. The van der Waals surface area contributed by atoms with Gasteiger partial charge in [0.2, 0.25) is 0 Å². The lowest BCUT2D eigenvalue weighted by Crippen LogP contribution is -1.97. The first-order chi connectivity index (χ1) is 7.92. The Hall–Kier alpha value is -2.23. The van der Waals surface area contributed by atoms with Gasteiger partial charge in [-0.05, 0) is 30.3 Å². The Morgan fingerprint density at radius 3 is 3.19 bits per heavy atom. The lowest BCUT2D eigenvalue weighted by Gasteiger charge is -2.03. The van der Waals surface area contributed by atoms with Crippen molar-refractivity contribution in [1.82, 2.24) is 9.97 Å². The second-order valence-electron chi connectivity index (χ2n) is 3.57. The molecule has 0 atom stereocenters. The zero-order valence-corrected chi connectivity index (χ0v) is 8.60. The van der Waals surface area contributed by atoms with Crippen molar-refractivity contribution < 1.29 is 4.42 Å². The number of aromatic nitrogens is 2. The van der Waals surface area contributed by atoms with Crippen LogP contribution in [-0.2, 0) is 6.54 Å². The summed E-state index contributed by atoms with van der Waals surface area (Å²) in [4.78, 5) is 7.25. The van der Waals surface area contributed by atoms with Gasteiger partial charge in [-0.1, -0.05) is 0 Å². The number of H-pyrrole nitrogens is 1. The van der Waals surface area contributed by atoms with E-state index in [1.807, 2.05) is 30.3 Å². The molecule has 80 valence electrons. The molecule has 0 spiro atoms. The maximum atomic E-state index is 5.25. The maximum Gasteiger partial charge on any atom is 0.122 e. The standard InChI is InChI=1S/C12H11N3O/c1-2-10(16-5-1)7-13-9-3-4-11-12(6-9)15-8-14-11/h1-6,8,13H,7H2,(H,14,15). The van der Waals surface area contributed by atoms with Crippen LogP contribution < -0.4 is 5.32 Å². The summed E-state index contributed by atoms with van der Waals surface area (Å²) in [6.07, 6.45) is 3.37. The number of nitrogens with zero attached hydrogens (tertiary/aromatic N) is 1. The van der Waals surface area contributed by atoms with Gasteiger partial charge >= 0.3 is 0 Å². The van der Waals surface area contributed by atoms with Crippen molar-refractivity contribution in [2.75, 3.05) is 5.32 Å². The molecule has 4 heteroatoms. The zero-order chi connectivity index (χ0) is 10.8. The Kier molecular flexibility index (Phi) is 2.11. The summed E-state index contributed by atoms with van der Waals surface area (Å²) in [5.41, 5.74) is 3.06. The molecule has 0 aliphatic heterocycles. The monoisotopic (exact) mass is 213 g/mol. The van der Waals surface area contributed by atoms with Gasteiger partial charge in [0, 0.05) is 5.69 Å². The van der Waals surface area contributed by atoms with Gasteiger partial charge in [0.05, 0.1) is 30.2 Å². The molecule has 0 fully saturated rings. The zero-order valence-electron chi connectivity index (χ0n) is 8.60. The molecule has 0 saturated carbocycles. The first kappa shape index (κ1) is 9.03. The quantitative estimate of drug-likeness (QED) is 0.703. The average Bonchev–Trinajstić information content (AvgIpc) is 2.97. The molecule has 4 nitrogen and oxygen atoms in total. The third-order valence-corrected chi connectivity index (χ3v) is 2.47. The van der Waals surface area contributed by atoms with Gasteiger partial charge in [0.1, 0.15) is 5.76 Å². The van der Waals surface area contributed by atoms with Crippen molar-refractivity contribution >= 4 is 16.7 Å². The van der Waals surface area contributed by atoms with Crippen LogP contribution in [0, 0.1) is 0 Å². The van der Waals surface area contributed by atoms with Gasteiger partial charge in [-0.25, -0.2) is 4.98 Å². The van der Waals surface area contributed by atoms with Crippen LogP contribution in [0.4, 0.5) is 5.69 Å². The number of nitrogens with one attached hydrogen (secondary N) is 2. The molecule has 0 aliphatic rings. The van der Waals surface area contributed by atoms with E-state index in [1.165, 1.54) is 0 Å². The normalized spacial score (nSPS) is 10.8. The molecule has 0 amide bonds. The fourth-order valence-electron chi connectivity index (χ4n) is 1.65. The van der Waals surface area contributed by atoms with E-state index < -0.39 is 0 Å². The Labute approximate surface area is 92.3 Å². The summed E-state index contributed by atoms with van der Waals surface area (Å²) in [7, 11) is 0. The second-order valence-corrected chi connectivity index (χ2v) is 3.57. The molecule has 2 N–H and O–H groups in total. The minimum atomic E-state index is 0.687. The van der Waals surface area contributed by atoms with E-state index in [0.717, 1.165) is 22.5 Å². The summed E-state index contributed by atoms with van der Waals surface area (Å²) in [6.45, 7) is 0.687. The fraction of sp³-hybridized carbons (Fsp3) is 0.0833. The number of hydrogen-bond donors (Lipinski definition) is 2. The van der Waals surface area contributed by atoms with Gasteiger partial charge < -0.3 is 14.7 Å². The number of anilines is 1. The van der Waals surface area contributed by atoms with Crippen LogP contribution in [0.3, 0.4) is 0 Å². The van der Waals surface area contributed by atoms with Crippen LogP contribution in [0.5, 0.6) is 0 Å². The van der Waals surface area contributed by atoms with Crippen molar-refractivity contribution in [1.29, 1.82) is 0 Å². The van der Waals surface area contributed by atoms with Crippen molar-refractivity contribution in [3.05, 3.63) is 48.7 Å². The van der Waals surface area contributed by atoms with Crippen molar-refractivity contribution in [2.45, 2.75) is 6.54 Å². The molecular weight excluding hydrogens is 202 g/mol. The summed E-state index contributed by atoms with van der Waals surface area (Å²) in [5, 5.41) is 3.29. The summed E-state index contributed by atoms with van der Waals surface area (Å²) < 4.78 is 5.25. The predicted octanol–water partition coefficient (Wildman–Crippen LogP) is 2.77. The Bertz CT molecular complexity index is 583. The lowest BCUT2D eigenvalue weighted by molar-refractivity contribution is 0.518. The van der Waals surface area contributed by atoms with E-state index in [9.17, 15) is 0 Å². The number of benzene rings is 1. The Morgan fingerprint density at radius 1 is 1.31 bits per heavy atom. The second kappa shape index (κ2) is 3.73. The molecule has 1 aromatic carbocycles. The van der Waals surface area contributed by atoms with Crippen molar-refractivity contribution in [3.8, 4) is 0 Å². The van der Waals surface area contributed by atoms with Crippen LogP contribution in [0.2, 0.25) is 0 Å². The highest BCUT2D eigenvalue weighted by Gasteiger charge is 1.99. The van der Waals surface area contributed by atoms with Crippen molar-refractivity contribution in [2.24, 2.45) is 0 Å². The topological polar surface area (TPSA) is 53.9 Å². The van der Waals surface area contributed by atoms with Crippen LogP contribution in [0.1, 0.15) is 5.76 Å². The van der Waals surface area contributed by atoms with E-state index in [1.54, 1.807) is 12.6 Å². The molecule has 2 aromatic heterocycles. The molecule has 2 heterocycles. The molecule has 0 radical (unpaired) electrons. The third kappa shape index (κ3) is 1.65. The van der Waals surface area contributed by atoms with Crippen LogP contribution in [0.25, 0.3) is 11.0 Å². The van der Waals surface area contributed by atoms with Crippen LogP contribution in [-0.4, -0.2) is 9.97 Å². The smallest absolute Gasteiger partial charge is 0.122 e. The molecule has 3 aromatic rings. The minimum absolute atomic E-state index is 0.687. The summed E-state index contributed by atoms with van der Waals surface area (Å²) >= 11 is 0. The predicted molar refractivity (Wildman–Crippen MR) is 62.1 cm³/mol. The molecule has 0 aliphatic carbocycles. The largest absolute Gasteiger partial charge is 0.467 e. The molecule has 16 heavy (non-hydrogen) atoms. The van der Waals surface area contributed by atoms with E-state index in [-0.39, 0.29) is 0 Å². The Morgan fingerprint density at radius 2 is 2.31 bits per heavy atom. The van der Waals surface area contributed by atoms with E-state index >= 15 is 0 Å². The van der Waals surface area contributed by atoms with Gasteiger partial charge in [0.25, 0.3) is 0 Å². The highest BCUT2D eigenvalue weighted by molar-refractivity contribution is 5.78.